The van der Waals surface area contributed by atoms with Crippen LogP contribution in [0.3, 0.4) is 0 Å². The summed E-state index contributed by atoms with van der Waals surface area (Å²) in [7, 11) is 0. The van der Waals surface area contributed by atoms with Gasteiger partial charge in [0.2, 0.25) is 0 Å². The molecule has 0 saturated carbocycles. The molecule has 0 bridgehead atoms. The molecule has 0 aromatic carbocycles. The molecular formula is C21H20N4O4. The molecule has 1 aliphatic heterocycles. The van der Waals surface area contributed by atoms with Crippen molar-refractivity contribution in [3.8, 4) is 22.7 Å². The fourth-order valence-electron chi connectivity index (χ4n) is 3.11. The van der Waals surface area contributed by atoms with Crippen LogP contribution in [0, 0.1) is 6.92 Å². The molecule has 0 saturated heterocycles. The maximum absolute atomic E-state index is 13.3. The first kappa shape index (κ1) is 18.8. The lowest BCUT2D eigenvalue weighted by Gasteiger charge is -2.25. The van der Waals surface area contributed by atoms with Gasteiger partial charge in [0.15, 0.2) is 0 Å². The summed E-state index contributed by atoms with van der Waals surface area (Å²) >= 11 is 0. The molecule has 0 atom stereocenters. The van der Waals surface area contributed by atoms with Gasteiger partial charge < -0.3 is 9.47 Å². The molecule has 0 unspecified atom stereocenters. The summed E-state index contributed by atoms with van der Waals surface area (Å²) < 4.78 is 12.6. The van der Waals surface area contributed by atoms with E-state index in [-0.39, 0.29) is 12.2 Å². The van der Waals surface area contributed by atoms with Crippen molar-refractivity contribution in [2.75, 3.05) is 0 Å². The van der Waals surface area contributed by atoms with Crippen molar-refractivity contribution < 1.29 is 14.3 Å². The molecule has 4 rings (SSSR count). The zero-order valence-corrected chi connectivity index (χ0v) is 16.6. The predicted octanol–water partition coefficient (Wildman–Crippen LogP) is 2.85. The van der Waals surface area contributed by atoms with E-state index < -0.39 is 17.1 Å². The number of nitrogens with zero attached hydrogens (tertiary/aromatic N) is 4. The van der Waals surface area contributed by atoms with Crippen LogP contribution < -0.4 is 10.3 Å². The highest BCUT2D eigenvalue weighted by Crippen LogP contribution is 2.36. The van der Waals surface area contributed by atoms with E-state index in [0.717, 1.165) is 0 Å². The van der Waals surface area contributed by atoms with Gasteiger partial charge in [-0.25, -0.2) is 14.8 Å². The minimum atomic E-state index is -0.740. The van der Waals surface area contributed by atoms with Gasteiger partial charge in [-0.15, -0.1) is 0 Å². The minimum absolute atomic E-state index is 0.0854. The number of aromatic nitrogens is 4. The average molecular weight is 392 g/mol. The highest BCUT2D eigenvalue weighted by molar-refractivity contribution is 5.91. The molecule has 4 heterocycles. The van der Waals surface area contributed by atoms with Crippen LogP contribution in [0.5, 0.6) is 5.75 Å². The Labute approximate surface area is 167 Å². The zero-order chi connectivity index (χ0) is 20.8. The van der Waals surface area contributed by atoms with Gasteiger partial charge in [-0.05, 0) is 45.9 Å². The molecule has 0 aliphatic carbocycles. The third-order valence-corrected chi connectivity index (χ3v) is 4.34. The maximum Gasteiger partial charge on any atom is 0.344 e. The van der Waals surface area contributed by atoms with E-state index in [1.54, 1.807) is 46.0 Å². The molecule has 3 aromatic rings. The SMILES string of the molecule is Cc1ncc(-n2c3c(cc(C(=O)OC(C)(C)C)c2=O)-c2ncccc2OC3)cn1. The maximum atomic E-state index is 13.3. The van der Waals surface area contributed by atoms with E-state index in [4.69, 9.17) is 9.47 Å². The quantitative estimate of drug-likeness (QED) is 0.619. The number of hydrogen-bond acceptors (Lipinski definition) is 7. The Balaban J connectivity index is 2.00. The van der Waals surface area contributed by atoms with Crippen molar-refractivity contribution in [1.29, 1.82) is 0 Å². The van der Waals surface area contributed by atoms with Gasteiger partial charge >= 0.3 is 5.97 Å². The van der Waals surface area contributed by atoms with Crippen molar-refractivity contribution in [3.05, 3.63) is 64.2 Å². The monoisotopic (exact) mass is 392 g/mol. The van der Waals surface area contributed by atoms with Crippen molar-refractivity contribution >= 4 is 5.97 Å². The van der Waals surface area contributed by atoms with Gasteiger partial charge in [-0.1, -0.05) is 0 Å². The molecule has 0 fully saturated rings. The molecule has 148 valence electrons. The number of rotatable bonds is 2. The first-order valence-corrected chi connectivity index (χ1v) is 9.14. The Morgan fingerprint density at radius 1 is 1.21 bits per heavy atom. The molecule has 0 spiro atoms. The van der Waals surface area contributed by atoms with E-state index in [9.17, 15) is 9.59 Å². The number of hydrogen-bond donors (Lipinski definition) is 0. The Bertz CT molecular complexity index is 1160. The highest BCUT2D eigenvalue weighted by Gasteiger charge is 2.29. The summed E-state index contributed by atoms with van der Waals surface area (Å²) in [5.41, 5.74) is 0.849. The summed E-state index contributed by atoms with van der Waals surface area (Å²) in [5, 5.41) is 0. The fourth-order valence-corrected chi connectivity index (χ4v) is 3.11. The molecule has 0 radical (unpaired) electrons. The van der Waals surface area contributed by atoms with Gasteiger partial charge in [0, 0.05) is 11.8 Å². The number of carbonyl (C=O) groups excluding carboxylic acids is 1. The van der Waals surface area contributed by atoms with Crippen LogP contribution in [0.25, 0.3) is 16.9 Å². The third-order valence-electron chi connectivity index (χ3n) is 4.34. The smallest absolute Gasteiger partial charge is 0.344 e. The van der Waals surface area contributed by atoms with Gasteiger partial charge in [0.1, 0.15) is 35.0 Å². The predicted molar refractivity (Wildman–Crippen MR) is 105 cm³/mol. The second-order valence-electron chi connectivity index (χ2n) is 7.69. The van der Waals surface area contributed by atoms with Crippen LogP contribution in [-0.2, 0) is 11.3 Å². The first-order valence-electron chi connectivity index (χ1n) is 9.14. The molecule has 0 N–H and O–H groups in total. The van der Waals surface area contributed by atoms with Gasteiger partial charge in [0.25, 0.3) is 5.56 Å². The van der Waals surface area contributed by atoms with E-state index in [1.807, 2.05) is 0 Å². The average Bonchev–Trinajstić information content (AvgIpc) is 2.67. The van der Waals surface area contributed by atoms with Gasteiger partial charge in [0.05, 0.1) is 23.8 Å². The Kier molecular flexibility index (Phi) is 4.41. The van der Waals surface area contributed by atoms with E-state index in [1.165, 1.54) is 23.0 Å². The lowest BCUT2D eigenvalue weighted by atomic mass is 10.0. The molecule has 3 aromatic heterocycles. The van der Waals surface area contributed by atoms with Crippen molar-refractivity contribution in [2.45, 2.75) is 39.9 Å². The number of ether oxygens (including phenoxy) is 2. The van der Waals surface area contributed by atoms with Crippen LogP contribution in [0.4, 0.5) is 0 Å². The van der Waals surface area contributed by atoms with Crippen LogP contribution in [0.15, 0.2) is 41.6 Å². The van der Waals surface area contributed by atoms with Gasteiger partial charge in [-0.3, -0.25) is 14.3 Å². The van der Waals surface area contributed by atoms with Crippen LogP contribution in [-0.4, -0.2) is 31.1 Å². The van der Waals surface area contributed by atoms with Crippen molar-refractivity contribution in [3.63, 3.8) is 0 Å². The summed E-state index contributed by atoms with van der Waals surface area (Å²) in [4.78, 5) is 38.8. The highest BCUT2D eigenvalue weighted by atomic mass is 16.6. The number of esters is 1. The minimum Gasteiger partial charge on any atom is -0.485 e. The summed E-state index contributed by atoms with van der Waals surface area (Å²) in [6, 6.07) is 5.09. The van der Waals surface area contributed by atoms with Crippen LogP contribution >= 0.6 is 0 Å². The van der Waals surface area contributed by atoms with E-state index in [0.29, 0.717) is 34.2 Å². The van der Waals surface area contributed by atoms with Crippen LogP contribution in [0.2, 0.25) is 0 Å². The first-order chi connectivity index (χ1) is 13.7. The van der Waals surface area contributed by atoms with Crippen molar-refractivity contribution in [2.24, 2.45) is 0 Å². The van der Waals surface area contributed by atoms with Crippen molar-refractivity contribution in [1.82, 2.24) is 19.5 Å². The lowest BCUT2D eigenvalue weighted by molar-refractivity contribution is 0.00670. The molecule has 1 aliphatic rings. The summed E-state index contributed by atoms with van der Waals surface area (Å²) in [5.74, 6) is 0.457. The molecule has 8 nitrogen and oxygen atoms in total. The Morgan fingerprint density at radius 2 is 1.93 bits per heavy atom. The van der Waals surface area contributed by atoms with Gasteiger partial charge in [-0.2, -0.15) is 0 Å². The second-order valence-corrected chi connectivity index (χ2v) is 7.69. The molecule has 29 heavy (non-hydrogen) atoms. The summed E-state index contributed by atoms with van der Waals surface area (Å²) in [6.07, 6.45) is 4.71. The normalized spacial score (nSPS) is 12.6. The molecule has 8 heteroatoms. The largest absolute Gasteiger partial charge is 0.485 e. The van der Waals surface area contributed by atoms with E-state index >= 15 is 0 Å². The summed E-state index contributed by atoms with van der Waals surface area (Å²) in [6.45, 7) is 7.15. The Morgan fingerprint density at radius 3 is 2.62 bits per heavy atom. The van der Waals surface area contributed by atoms with E-state index in [2.05, 4.69) is 15.0 Å². The molecular weight excluding hydrogens is 372 g/mol. The van der Waals surface area contributed by atoms with Crippen LogP contribution in [0.1, 0.15) is 42.6 Å². The fraction of sp³-hybridized carbons (Fsp3) is 0.286. The Hall–Kier alpha value is -3.55. The number of aryl methyl sites for hydroxylation is 1. The number of carbonyl (C=O) groups is 1. The molecule has 0 amide bonds. The topological polar surface area (TPSA) is 96.2 Å². The third kappa shape index (κ3) is 3.49. The second kappa shape index (κ2) is 6.80. The standard InChI is InChI=1S/C21H20N4O4/c1-12-23-9-13(10-24-12)25-16-11-28-17-6-5-7-22-18(17)14(16)8-15(19(25)26)20(27)29-21(2,3)4/h5-10H,11H2,1-4H3. The number of fused-ring (bicyclic) bond motifs is 3. The zero-order valence-electron chi connectivity index (χ0n) is 16.6. The number of pyridine rings is 2. The lowest BCUT2D eigenvalue weighted by Crippen LogP contribution is -2.33.